The topological polar surface area (TPSA) is 61.8 Å². The van der Waals surface area contributed by atoms with Gasteiger partial charge in [0.15, 0.2) is 0 Å². The number of carbonyl (C=O) groups is 1. The summed E-state index contributed by atoms with van der Waals surface area (Å²) in [6.45, 7) is 0.693. The molecule has 0 aliphatic carbocycles. The minimum Gasteiger partial charge on any atom is -0.495 e. The van der Waals surface area contributed by atoms with Crippen molar-refractivity contribution < 1.29 is 14.6 Å². The number of amides is 2. The quantitative estimate of drug-likeness (QED) is 0.661. The highest BCUT2D eigenvalue weighted by Crippen LogP contribution is 2.27. The lowest BCUT2D eigenvalue weighted by Gasteiger charge is -2.23. The standard InChI is InChI=1S/C18H19Cl3N2O3/c1-26-17-6-4-13(10-16(17)21)22-18(25)23(7-2-8-24)11-12-3-5-14(19)15(20)9-12/h3-6,9-10,24H,2,7-8,11H2,1H3,(H,22,25). The Morgan fingerprint density at radius 1 is 1.12 bits per heavy atom. The highest BCUT2D eigenvalue weighted by Gasteiger charge is 2.15. The van der Waals surface area contributed by atoms with Crippen molar-refractivity contribution in [3.63, 3.8) is 0 Å². The minimum absolute atomic E-state index is 0.0144. The normalized spacial score (nSPS) is 10.5. The molecule has 5 nitrogen and oxygen atoms in total. The van der Waals surface area contributed by atoms with Crippen LogP contribution in [0, 0.1) is 0 Å². The lowest BCUT2D eigenvalue weighted by atomic mass is 10.2. The molecule has 0 saturated heterocycles. The number of nitrogens with zero attached hydrogens (tertiary/aromatic N) is 1. The van der Waals surface area contributed by atoms with Crippen LogP contribution in [0.2, 0.25) is 15.1 Å². The summed E-state index contributed by atoms with van der Waals surface area (Å²) in [5.74, 6) is 0.526. The SMILES string of the molecule is COc1ccc(NC(=O)N(CCCO)Cc2ccc(Cl)c(Cl)c2)cc1Cl. The van der Waals surface area contributed by atoms with Gasteiger partial charge in [0, 0.05) is 25.4 Å². The second-order valence-corrected chi connectivity index (χ2v) is 6.75. The third kappa shape index (κ3) is 5.68. The van der Waals surface area contributed by atoms with Crippen molar-refractivity contribution in [1.29, 1.82) is 0 Å². The molecule has 0 unspecified atom stereocenters. The Kier molecular flexibility index (Phi) is 7.85. The maximum atomic E-state index is 12.6. The van der Waals surface area contributed by atoms with Crippen molar-refractivity contribution in [2.24, 2.45) is 0 Å². The molecule has 0 saturated carbocycles. The van der Waals surface area contributed by atoms with Crippen molar-refractivity contribution in [2.75, 3.05) is 25.6 Å². The molecule has 2 aromatic rings. The number of hydrogen-bond donors (Lipinski definition) is 2. The molecule has 0 heterocycles. The first kappa shape index (κ1) is 20.6. The summed E-state index contributed by atoms with van der Waals surface area (Å²) in [5, 5.41) is 13.2. The van der Waals surface area contributed by atoms with Gasteiger partial charge in [-0.25, -0.2) is 4.79 Å². The second kappa shape index (κ2) is 9.88. The molecule has 2 amide bonds. The van der Waals surface area contributed by atoms with Gasteiger partial charge >= 0.3 is 6.03 Å². The predicted octanol–water partition coefficient (Wildman–Crippen LogP) is 5.07. The highest BCUT2D eigenvalue weighted by atomic mass is 35.5. The van der Waals surface area contributed by atoms with Gasteiger partial charge in [0.1, 0.15) is 5.75 Å². The molecule has 0 aliphatic heterocycles. The van der Waals surface area contributed by atoms with Crippen LogP contribution in [-0.2, 0) is 6.54 Å². The van der Waals surface area contributed by atoms with Gasteiger partial charge in [-0.2, -0.15) is 0 Å². The van der Waals surface area contributed by atoms with Crippen molar-refractivity contribution in [3.05, 3.63) is 57.0 Å². The zero-order chi connectivity index (χ0) is 19.1. The Morgan fingerprint density at radius 3 is 2.50 bits per heavy atom. The molecule has 140 valence electrons. The van der Waals surface area contributed by atoms with Crippen LogP contribution in [0.5, 0.6) is 5.75 Å². The average Bonchev–Trinajstić information content (AvgIpc) is 2.61. The van der Waals surface area contributed by atoms with Crippen molar-refractivity contribution in [2.45, 2.75) is 13.0 Å². The Bertz CT molecular complexity index is 771. The van der Waals surface area contributed by atoms with Gasteiger partial charge in [-0.3, -0.25) is 0 Å². The number of benzene rings is 2. The zero-order valence-corrected chi connectivity index (χ0v) is 16.4. The van der Waals surface area contributed by atoms with Crippen molar-refractivity contribution in [3.8, 4) is 5.75 Å². The fourth-order valence-corrected chi connectivity index (χ4v) is 2.90. The maximum absolute atomic E-state index is 12.6. The first-order chi connectivity index (χ1) is 12.4. The third-order valence-electron chi connectivity index (χ3n) is 3.63. The molecule has 0 bridgehead atoms. The van der Waals surface area contributed by atoms with Crippen LogP contribution in [0.25, 0.3) is 0 Å². The van der Waals surface area contributed by atoms with E-state index in [0.717, 1.165) is 5.56 Å². The summed E-state index contributed by atoms with van der Waals surface area (Å²) in [6, 6.07) is 9.88. The largest absolute Gasteiger partial charge is 0.495 e. The summed E-state index contributed by atoms with van der Waals surface area (Å²) >= 11 is 18.1. The summed E-state index contributed by atoms with van der Waals surface area (Å²) < 4.78 is 5.10. The first-order valence-electron chi connectivity index (χ1n) is 7.89. The minimum atomic E-state index is -0.314. The predicted molar refractivity (Wildman–Crippen MR) is 106 cm³/mol. The van der Waals surface area contributed by atoms with Crippen LogP contribution in [0.15, 0.2) is 36.4 Å². The number of aliphatic hydroxyl groups is 1. The Labute approximate surface area is 167 Å². The molecule has 0 aliphatic rings. The summed E-state index contributed by atoms with van der Waals surface area (Å²) in [5.41, 5.74) is 1.38. The molecule has 0 spiro atoms. The fourth-order valence-electron chi connectivity index (χ4n) is 2.32. The van der Waals surface area contributed by atoms with Crippen LogP contribution in [-0.4, -0.2) is 36.3 Å². The summed E-state index contributed by atoms with van der Waals surface area (Å²) in [7, 11) is 1.52. The van der Waals surface area contributed by atoms with Gasteiger partial charge in [-0.1, -0.05) is 40.9 Å². The molecule has 2 aromatic carbocycles. The maximum Gasteiger partial charge on any atom is 0.322 e. The number of urea groups is 1. The number of anilines is 1. The fraction of sp³-hybridized carbons (Fsp3) is 0.278. The molecular weight excluding hydrogens is 399 g/mol. The number of ether oxygens (including phenoxy) is 1. The van der Waals surface area contributed by atoms with Crippen LogP contribution < -0.4 is 10.1 Å². The van der Waals surface area contributed by atoms with Crippen LogP contribution in [0.1, 0.15) is 12.0 Å². The molecular formula is C18H19Cl3N2O3. The molecule has 2 rings (SSSR count). The van der Waals surface area contributed by atoms with Crippen molar-refractivity contribution >= 4 is 46.5 Å². The van der Waals surface area contributed by atoms with E-state index in [0.29, 0.717) is 46.0 Å². The Morgan fingerprint density at radius 2 is 1.88 bits per heavy atom. The second-order valence-electron chi connectivity index (χ2n) is 5.53. The molecule has 0 atom stereocenters. The van der Waals surface area contributed by atoms with Gasteiger partial charge in [-0.15, -0.1) is 0 Å². The van der Waals surface area contributed by atoms with Gasteiger partial charge in [0.25, 0.3) is 0 Å². The van der Waals surface area contributed by atoms with Gasteiger partial charge in [-0.05, 0) is 42.3 Å². The molecule has 8 heteroatoms. The average molecular weight is 418 g/mol. The Hall–Kier alpha value is -1.66. The molecule has 26 heavy (non-hydrogen) atoms. The Balaban J connectivity index is 2.12. The van der Waals surface area contributed by atoms with E-state index in [1.54, 1.807) is 41.3 Å². The van der Waals surface area contributed by atoms with E-state index < -0.39 is 0 Å². The van der Waals surface area contributed by atoms with E-state index in [4.69, 9.17) is 44.6 Å². The van der Waals surface area contributed by atoms with Crippen molar-refractivity contribution in [1.82, 2.24) is 4.90 Å². The molecule has 0 fully saturated rings. The van der Waals surface area contributed by atoms with Gasteiger partial charge in [0.2, 0.25) is 0 Å². The number of nitrogens with one attached hydrogen (secondary N) is 1. The summed E-state index contributed by atoms with van der Waals surface area (Å²) in [4.78, 5) is 14.2. The van der Waals surface area contributed by atoms with Gasteiger partial charge < -0.3 is 20.1 Å². The van der Waals surface area contributed by atoms with E-state index >= 15 is 0 Å². The number of aliphatic hydroxyl groups excluding tert-OH is 1. The van der Waals surface area contributed by atoms with E-state index in [-0.39, 0.29) is 12.6 Å². The number of carbonyl (C=O) groups excluding carboxylic acids is 1. The highest BCUT2D eigenvalue weighted by molar-refractivity contribution is 6.42. The zero-order valence-electron chi connectivity index (χ0n) is 14.1. The summed E-state index contributed by atoms with van der Waals surface area (Å²) in [6.07, 6.45) is 0.456. The number of rotatable bonds is 7. The lowest BCUT2D eigenvalue weighted by Crippen LogP contribution is -2.35. The van der Waals surface area contributed by atoms with E-state index in [1.807, 2.05) is 0 Å². The van der Waals surface area contributed by atoms with Crippen LogP contribution in [0.3, 0.4) is 0 Å². The lowest BCUT2D eigenvalue weighted by molar-refractivity contribution is 0.199. The number of hydrogen-bond acceptors (Lipinski definition) is 3. The molecule has 0 aromatic heterocycles. The van der Waals surface area contributed by atoms with E-state index in [1.165, 1.54) is 7.11 Å². The van der Waals surface area contributed by atoms with Crippen LogP contribution >= 0.6 is 34.8 Å². The smallest absolute Gasteiger partial charge is 0.322 e. The molecule has 2 N–H and O–H groups in total. The van der Waals surface area contributed by atoms with E-state index in [9.17, 15) is 4.79 Å². The third-order valence-corrected chi connectivity index (χ3v) is 4.67. The monoisotopic (exact) mass is 416 g/mol. The van der Waals surface area contributed by atoms with E-state index in [2.05, 4.69) is 5.32 Å². The number of methoxy groups -OCH3 is 1. The number of halogens is 3. The molecule has 0 radical (unpaired) electrons. The first-order valence-corrected chi connectivity index (χ1v) is 9.02. The van der Waals surface area contributed by atoms with Crippen LogP contribution in [0.4, 0.5) is 10.5 Å². The van der Waals surface area contributed by atoms with Gasteiger partial charge in [0.05, 0.1) is 22.2 Å².